The lowest BCUT2D eigenvalue weighted by Gasteiger charge is -2.34. The van der Waals surface area contributed by atoms with Gasteiger partial charge in [-0.05, 0) is 42.5 Å². The summed E-state index contributed by atoms with van der Waals surface area (Å²) in [5.41, 5.74) is 9.97. The van der Waals surface area contributed by atoms with Crippen LogP contribution in [0.4, 0.5) is 0 Å². The Morgan fingerprint density at radius 1 is 1.19 bits per heavy atom. The van der Waals surface area contributed by atoms with E-state index in [1.54, 1.807) is 0 Å². The van der Waals surface area contributed by atoms with E-state index in [1.807, 2.05) is 18.2 Å². The van der Waals surface area contributed by atoms with Crippen molar-refractivity contribution >= 4 is 15.9 Å². The predicted molar refractivity (Wildman–Crippen MR) is 89.1 cm³/mol. The van der Waals surface area contributed by atoms with Gasteiger partial charge in [-0.15, -0.1) is 0 Å². The number of nitrogens with two attached hydrogens (primary N) is 1. The van der Waals surface area contributed by atoms with Gasteiger partial charge in [-0.25, -0.2) is 0 Å². The minimum absolute atomic E-state index is 0.0667. The summed E-state index contributed by atoms with van der Waals surface area (Å²) in [6.07, 6.45) is 1.83. The molecular formula is C18H20BrNO. The van der Waals surface area contributed by atoms with Crippen molar-refractivity contribution in [2.45, 2.75) is 31.4 Å². The first kappa shape index (κ1) is 14.8. The number of ether oxygens (including phenoxy) is 1. The Morgan fingerprint density at radius 3 is 2.71 bits per heavy atom. The summed E-state index contributed by atoms with van der Waals surface area (Å²) in [5.74, 6) is 0. The molecule has 1 aliphatic rings. The number of hydrogen-bond acceptors (Lipinski definition) is 2. The highest BCUT2D eigenvalue weighted by Gasteiger charge is 2.31. The molecule has 0 fully saturated rings. The number of hydrogen-bond donors (Lipinski definition) is 1. The highest BCUT2D eigenvalue weighted by molar-refractivity contribution is 9.10. The second-order valence-electron chi connectivity index (χ2n) is 5.91. The van der Waals surface area contributed by atoms with E-state index in [1.165, 1.54) is 11.1 Å². The average Bonchev–Trinajstić information content (AvgIpc) is 2.47. The standard InChI is InChI=1S/C18H20BrNO/c1-18(20,15-8-4-5-9-16(15)19)12-17-14-7-3-2-6-13(14)10-11-21-17/h2-9,17H,10-12,20H2,1H3. The topological polar surface area (TPSA) is 35.2 Å². The van der Waals surface area contributed by atoms with Crippen molar-refractivity contribution in [2.24, 2.45) is 5.73 Å². The van der Waals surface area contributed by atoms with Gasteiger partial charge in [0.15, 0.2) is 0 Å². The number of rotatable bonds is 3. The molecule has 2 nitrogen and oxygen atoms in total. The van der Waals surface area contributed by atoms with Crippen molar-refractivity contribution in [3.05, 3.63) is 69.7 Å². The monoisotopic (exact) mass is 345 g/mol. The second kappa shape index (κ2) is 5.91. The van der Waals surface area contributed by atoms with E-state index in [-0.39, 0.29) is 6.10 Å². The molecule has 2 unspecified atom stereocenters. The number of halogens is 1. The minimum Gasteiger partial charge on any atom is -0.373 e. The lowest BCUT2D eigenvalue weighted by molar-refractivity contribution is 0.0222. The fourth-order valence-corrected chi connectivity index (χ4v) is 3.80. The van der Waals surface area contributed by atoms with Crippen molar-refractivity contribution in [1.82, 2.24) is 0 Å². The minimum atomic E-state index is -0.435. The van der Waals surface area contributed by atoms with Crippen LogP contribution in [0.3, 0.4) is 0 Å². The van der Waals surface area contributed by atoms with Crippen LogP contribution in [0, 0.1) is 0 Å². The van der Waals surface area contributed by atoms with E-state index in [9.17, 15) is 0 Å². The molecule has 3 rings (SSSR count). The Bertz CT molecular complexity index is 639. The second-order valence-corrected chi connectivity index (χ2v) is 6.76. The molecule has 2 aromatic carbocycles. The van der Waals surface area contributed by atoms with Crippen LogP contribution in [0.5, 0.6) is 0 Å². The summed E-state index contributed by atoms with van der Waals surface area (Å²) in [6.45, 7) is 2.85. The highest BCUT2D eigenvalue weighted by Crippen LogP contribution is 2.38. The zero-order valence-electron chi connectivity index (χ0n) is 12.2. The van der Waals surface area contributed by atoms with Gasteiger partial charge in [0.1, 0.15) is 0 Å². The zero-order chi connectivity index (χ0) is 14.9. The smallest absolute Gasteiger partial charge is 0.0848 e. The number of fused-ring (bicyclic) bond motifs is 1. The van der Waals surface area contributed by atoms with Gasteiger partial charge >= 0.3 is 0 Å². The summed E-state index contributed by atoms with van der Waals surface area (Å²) in [6, 6.07) is 16.7. The molecule has 110 valence electrons. The van der Waals surface area contributed by atoms with Crippen molar-refractivity contribution in [1.29, 1.82) is 0 Å². The van der Waals surface area contributed by atoms with Gasteiger partial charge in [0.2, 0.25) is 0 Å². The summed E-state index contributed by atoms with van der Waals surface area (Å²) in [5, 5.41) is 0. The SMILES string of the molecule is CC(N)(CC1OCCc2ccccc21)c1ccccc1Br. The molecule has 2 N–H and O–H groups in total. The van der Waals surface area contributed by atoms with Crippen LogP contribution < -0.4 is 5.73 Å². The zero-order valence-corrected chi connectivity index (χ0v) is 13.8. The van der Waals surface area contributed by atoms with Crippen LogP contribution in [-0.2, 0) is 16.7 Å². The van der Waals surface area contributed by atoms with Crippen LogP contribution in [-0.4, -0.2) is 6.61 Å². The van der Waals surface area contributed by atoms with Crippen LogP contribution in [0.2, 0.25) is 0 Å². The molecule has 2 aromatic rings. The normalized spacial score (nSPS) is 20.6. The maximum absolute atomic E-state index is 6.62. The van der Waals surface area contributed by atoms with E-state index >= 15 is 0 Å². The lowest BCUT2D eigenvalue weighted by Crippen LogP contribution is -2.36. The maximum Gasteiger partial charge on any atom is 0.0848 e. The molecule has 21 heavy (non-hydrogen) atoms. The quantitative estimate of drug-likeness (QED) is 0.898. The fourth-order valence-electron chi connectivity index (χ4n) is 3.07. The molecule has 0 spiro atoms. The molecule has 0 radical (unpaired) electrons. The van der Waals surface area contributed by atoms with Crippen LogP contribution in [0.15, 0.2) is 53.0 Å². The molecule has 0 saturated heterocycles. The first-order valence-electron chi connectivity index (χ1n) is 7.31. The summed E-state index contributed by atoms with van der Waals surface area (Å²) >= 11 is 3.61. The average molecular weight is 346 g/mol. The highest BCUT2D eigenvalue weighted by atomic mass is 79.9. The molecule has 0 aromatic heterocycles. The third kappa shape index (κ3) is 3.05. The largest absolute Gasteiger partial charge is 0.373 e. The Balaban J connectivity index is 1.89. The molecule has 0 aliphatic carbocycles. The van der Waals surface area contributed by atoms with E-state index in [0.717, 1.165) is 29.5 Å². The Labute approximate surface area is 134 Å². The van der Waals surface area contributed by atoms with Gasteiger partial charge in [-0.2, -0.15) is 0 Å². The Morgan fingerprint density at radius 2 is 1.90 bits per heavy atom. The molecule has 0 bridgehead atoms. The first-order valence-corrected chi connectivity index (χ1v) is 8.10. The third-order valence-electron chi connectivity index (χ3n) is 4.19. The lowest BCUT2D eigenvalue weighted by atomic mass is 9.83. The molecule has 2 atom stereocenters. The molecule has 1 aliphatic heterocycles. The van der Waals surface area contributed by atoms with Crippen molar-refractivity contribution in [3.63, 3.8) is 0 Å². The van der Waals surface area contributed by atoms with E-state index in [4.69, 9.17) is 10.5 Å². The van der Waals surface area contributed by atoms with Crippen molar-refractivity contribution < 1.29 is 4.74 Å². The predicted octanol–water partition coefficient (Wildman–Crippen LogP) is 4.33. The van der Waals surface area contributed by atoms with Crippen LogP contribution >= 0.6 is 15.9 Å². The van der Waals surface area contributed by atoms with Crippen LogP contribution in [0.25, 0.3) is 0 Å². The van der Waals surface area contributed by atoms with E-state index in [0.29, 0.717) is 0 Å². The van der Waals surface area contributed by atoms with Gasteiger partial charge in [0.05, 0.1) is 12.7 Å². The summed E-state index contributed by atoms with van der Waals surface area (Å²) in [4.78, 5) is 0. The van der Waals surface area contributed by atoms with Crippen molar-refractivity contribution in [2.75, 3.05) is 6.61 Å². The molecule has 0 saturated carbocycles. The van der Waals surface area contributed by atoms with Gasteiger partial charge < -0.3 is 10.5 Å². The Hall–Kier alpha value is -1.16. The summed E-state index contributed by atoms with van der Waals surface area (Å²) in [7, 11) is 0. The molecule has 0 amide bonds. The molecular weight excluding hydrogens is 326 g/mol. The first-order chi connectivity index (χ1) is 10.1. The van der Waals surface area contributed by atoms with Gasteiger partial charge in [0, 0.05) is 10.0 Å². The fraction of sp³-hybridized carbons (Fsp3) is 0.333. The van der Waals surface area contributed by atoms with Crippen molar-refractivity contribution in [3.8, 4) is 0 Å². The van der Waals surface area contributed by atoms with Crippen LogP contribution in [0.1, 0.15) is 36.1 Å². The molecule has 3 heteroatoms. The van der Waals surface area contributed by atoms with Gasteiger partial charge in [-0.1, -0.05) is 58.4 Å². The van der Waals surface area contributed by atoms with E-state index in [2.05, 4.69) is 53.2 Å². The van der Waals surface area contributed by atoms with Gasteiger partial charge in [0.25, 0.3) is 0 Å². The third-order valence-corrected chi connectivity index (χ3v) is 4.88. The van der Waals surface area contributed by atoms with Gasteiger partial charge in [-0.3, -0.25) is 0 Å². The number of benzene rings is 2. The molecule has 1 heterocycles. The summed E-state index contributed by atoms with van der Waals surface area (Å²) < 4.78 is 7.06. The maximum atomic E-state index is 6.62. The van der Waals surface area contributed by atoms with E-state index < -0.39 is 5.54 Å². The Kier molecular flexibility index (Phi) is 4.16.